The maximum absolute atomic E-state index is 13.4. The molecule has 0 spiro atoms. The van der Waals surface area contributed by atoms with Crippen LogP contribution in [0.15, 0.2) is 54.6 Å². The number of benzene rings is 2. The molecule has 5 nitrogen and oxygen atoms in total. The van der Waals surface area contributed by atoms with E-state index in [2.05, 4.69) is 4.90 Å². The van der Waals surface area contributed by atoms with Crippen LogP contribution in [0.3, 0.4) is 0 Å². The zero-order chi connectivity index (χ0) is 21.7. The van der Waals surface area contributed by atoms with Crippen molar-refractivity contribution in [2.24, 2.45) is 5.92 Å². The molecule has 1 aliphatic rings. The minimum absolute atomic E-state index is 0.0374. The van der Waals surface area contributed by atoms with Crippen LogP contribution < -0.4 is 4.90 Å². The molecule has 0 aromatic heterocycles. The van der Waals surface area contributed by atoms with E-state index < -0.39 is 9.84 Å². The minimum atomic E-state index is -3.10. The number of halogens is 1. The third-order valence-corrected chi connectivity index (χ3v) is 6.91. The third-order valence-electron chi connectivity index (χ3n) is 5.70. The fourth-order valence-corrected chi connectivity index (χ4v) is 4.90. The first-order chi connectivity index (χ1) is 14.3. The first kappa shape index (κ1) is 22.6. The molecule has 30 heavy (non-hydrogen) atoms. The van der Waals surface area contributed by atoms with E-state index in [1.807, 2.05) is 66.4 Å². The molecule has 162 valence electrons. The number of hydrogen-bond acceptors (Lipinski definition) is 4. The van der Waals surface area contributed by atoms with Crippen molar-refractivity contribution < 1.29 is 13.2 Å². The monoisotopic (exact) mass is 448 g/mol. The fourth-order valence-electron chi connectivity index (χ4n) is 4.01. The molecule has 2 atom stereocenters. The van der Waals surface area contributed by atoms with Gasteiger partial charge in [-0.3, -0.25) is 4.79 Å². The summed E-state index contributed by atoms with van der Waals surface area (Å²) in [6.45, 7) is 3.90. The van der Waals surface area contributed by atoms with E-state index in [9.17, 15) is 13.2 Å². The van der Waals surface area contributed by atoms with Gasteiger partial charge in [0.15, 0.2) is 0 Å². The number of sulfone groups is 1. The summed E-state index contributed by atoms with van der Waals surface area (Å²) in [5.74, 6) is -0.208. The molecule has 1 amide bonds. The molecule has 0 radical (unpaired) electrons. The van der Waals surface area contributed by atoms with Crippen molar-refractivity contribution in [2.75, 3.05) is 36.5 Å². The van der Waals surface area contributed by atoms with Crippen molar-refractivity contribution in [2.45, 2.75) is 25.8 Å². The molecule has 1 saturated heterocycles. The normalized spacial score (nSPS) is 18.3. The molecule has 1 fully saturated rings. The van der Waals surface area contributed by atoms with Gasteiger partial charge in [0.2, 0.25) is 5.91 Å². The van der Waals surface area contributed by atoms with Gasteiger partial charge in [0.05, 0.1) is 11.8 Å². The summed E-state index contributed by atoms with van der Waals surface area (Å²) < 4.78 is 23.2. The molecule has 3 rings (SSSR count). The lowest BCUT2D eigenvalue weighted by molar-refractivity contribution is -0.138. The number of piperazine rings is 1. The van der Waals surface area contributed by atoms with E-state index in [-0.39, 0.29) is 23.6 Å². The first-order valence-corrected chi connectivity index (χ1v) is 12.8. The SMILES string of the molecule is CCC(CCS(C)(=O)=O)C(=O)N1CCN(c2cccc(Cl)c2)CC1c1ccccc1. The van der Waals surface area contributed by atoms with Crippen LogP contribution in [0.4, 0.5) is 5.69 Å². The summed E-state index contributed by atoms with van der Waals surface area (Å²) in [6, 6.07) is 17.7. The highest BCUT2D eigenvalue weighted by atomic mass is 35.5. The van der Waals surface area contributed by atoms with E-state index in [4.69, 9.17) is 11.6 Å². The standard InChI is InChI=1S/C23H29ClN2O3S/c1-3-18(12-15-30(2,28)29)23(27)26-14-13-25(21-11-7-10-20(24)16-21)17-22(26)19-8-5-4-6-9-19/h4-11,16,18,22H,3,12-15,17H2,1-2H3. The Morgan fingerprint density at radius 3 is 2.50 bits per heavy atom. The predicted molar refractivity (Wildman–Crippen MR) is 123 cm³/mol. The van der Waals surface area contributed by atoms with Crippen LogP contribution in [0.2, 0.25) is 5.02 Å². The Labute approximate surface area is 184 Å². The number of amides is 1. The lowest BCUT2D eigenvalue weighted by Gasteiger charge is -2.44. The first-order valence-electron chi connectivity index (χ1n) is 10.3. The zero-order valence-electron chi connectivity index (χ0n) is 17.5. The smallest absolute Gasteiger partial charge is 0.226 e. The van der Waals surface area contributed by atoms with Crippen LogP contribution in [0, 0.1) is 5.92 Å². The predicted octanol–water partition coefficient (Wildman–Crippen LogP) is 4.19. The number of carbonyl (C=O) groups excluding carboxylic acids is 1. The molecule has 0 aliphatic carbocycles. The quantitative estimate of drug-likeness (QED) is 0.637. The molecule has 2 aromatic carbocycles. The largest absolute Gasteiger partial charge is 0.367 e. The van der Waals surface area contributed by atoms with Gasteiger partial charge in [0, 0.05) is 42.5 Å². The van der Waals surface area contributed by atoms with Crippen LogP contribution in [-0.4, -0.2) is 50.9 Å². The summed E-state index contributed by atoms with van der Waals surface area (Å²) in [5.41, 5.74) is 2.12. The molecular weight excluding hydrogens is 420 g/mol. The molecular formula is C23H29ClN2O3S. The van der Waals surface area contributed by atoms with Crippen molar-refractivity contribution in [3.8, 4) is 0 Å². The van der Waals surface area contributed by atoms with Crippen LogP contribution in [0.25, 0.3) is 0 Å². The lowest BCUT2D eigenvalue weighted by Crippen LogP contribution is -2.52. The molecule has 1 aliphatic heterocycles. The molecule has 0 bridgehead atoms. The van der Waals surface area contributed by atoms with Crippen molar-refractivity contribution >= 4 is 33.0 Å². The Bertz CT molecular complexity index is 965. The average molecular weight is 449 g/mol. The van der Waals surface area contributed by atoms with Crippen LogP contribution in [0.5, 0.6) is 0 Å². The van der Waals surface area contributed by atoms with E-state index in [1.165, 1.54) is 6.26 Å². The summed E-state index contributed by atoms with van der Waals surface area (Å²) >= 11 is 6.19. The molecule has 0 saturated carbocycles. The van der Waals surface area contributed by atoms with E-state index in [1.54, 1.807) is 0 Å². The fraction of sp³-hybridized carbons (Fsp3) is 0.435. The minimum Gasteiger partial charge on any atom is -0.367 e. The van der Waals surface area contributed by atoms with Gasteiger partial charge >= 0.3 is 0 Å². The van der Waals surface area contributed by atoms with Crippen LogP contribution >= 0.6 is 11.6 Å². The third kappa shape index (κ3) is 5.76. The highest BCUT2D eigenvalue weighted by Gasteiger charge is 2.34. The van der Waals surface area contributed by atoms with Crippen molar-refractivity contribution in [1.82, 2.24) is 4.90 Å². The second-order valence-electron chi connectivity index (χ2n) is 7.91. The molecule has 1 heterocycles. The van der Waals surface area contributed by atoms with Crippen LogP contribution in [-0.2, 0) is 14.6 Å². The second kappa shape index (κ2) is 9.84. The number of anilines is 1. The summed E-state index contributed by atoms with van der Waals surface area (Å²) in [4.78, 5) is 17.6. The summed E-state index contributed by atoms with van der Waals surface area (Å²) in [5, 5.41) is 0.689. The Kier molecular flexibility index (Phi) is 7.42. The van der Waals surface area contributed by atoms with Gasteiger partial charge in [0.25, 0.3) is 0 Å². The Morgan fingerprint density at radius 2 is 1.87 bits per heavy atom. The van der Waals surface area contributed by atoms with E-state index in [0.717, 1.165) is 11.3 Å². The molecule has 2 unspecified atom stereocenters. The molecule has 2 aromatic rings. The number of carbonyl (C=O) groups is 1. The van der Waals surface area contributed by atoms with E-state index >= 15 is 0 Å². The summed E-state index contributed by atoms with van der Waals surface area (Å²) in [7, 11) is -3.10. The maximum atomic E-state index is 13.4. The second-order valence-corrected chi connectivity index (χ2v) is 10.6. The topological polar surface area (TPSA) is 57.7 Å². The molecule has 7 heteroatoms. The maximum Gasteiger partial charge on any atom is 0.226 e. The summed E-state index contributed by atoms with van der Waals surface area (Å²) in [6.07, 6.45) is 2.22. The molecule has 0 N–H and O–H groups in total. The van der Waals surface area contributed by atoms with E-state index in [0.29, 0.717) is 37.5 Å². The van der Waals surface area contributed by atoms with Gasteiger partial charge in [-0.15, -0.1) is 0 Å². The number of rotatable bonds is 7. The van der Waals surface area contributed by atoms with Crippen molar-refractivity contribution in [3.05, 3.63) is 65.2 Å². The van der Waals surface area contributed by atoms with Gasteiger partial charge in [-0.05, 0) is 36.6 Å². The lowest BCUT2D eigenvalue weighted by atomic mass is 9.96. The van der Waals surface area contributed by atoms with Gasteiger partial charge < -0.3 is 9.80 Å². The zero-order valence-corrected chi connectivity index (χ0v) is 19.1. The number of hydrogen-bond donors (Lipinski definition) is 0. The van der Waals surface area contributed by atoms with Gasteiger partial charge in [-0.1, -0.05) is 54.9 Å². The Balaban J connectivity index is 1.85. The van der Waals surface area contributed by atoms with Crippen molar-refractivity contribution in [3.63, 3.8) is 0 Å². The highest BCUT2D eigenvalue weighted by molar-refractivity contribution is 7.90. The van der Waals surface area contributed by atoms with Gasteiger partial charge in [0.1, 0.15) is 9.84 Å². The average Bonchev–Trinajstić information content (AvgIpc) is 2.73. The van der Waals surface area contributed by atoms with Gasteiger partial charge in [-0.2, -0.15) is 0 Å². The highest BCUT2D eigenvalue weighted by Crippen LogP contribution is 2.31. The van der Waals surface area contributed by atoms with Gasteiger partial charge in [-0.25, -0.2) is 8.42 Å². The number of nitrogens with zero attached hydrogens (tertiary/aromatic N) is 2. The van der Waals surface area contributed by atoms with Crippen LogP contribution in [0.1, 0.15) is 31.4 Å². The van der Waals surface area contributed by atoms with Crippen molar-refractivity contribution in [1.29, 1.82) is 0 Å². The Hall–Kier alpha value is -2.05. The Morgan fingerprint density at radius 1 is 1.13 bits per heavy atom.